The summed E-state index contributed by atoms with van der Waals surface area (Å²) in [6.45, 7) is 1.70. The van der Waals surface area contributed by atoms with E-state index in [9.17, 15) is 4.79 Å². The molecule has 1 unspecified atom stereocenters. The van der Waals surface area contributed by atoms with Crippen molar-refractivity contribution >= 4 is 5.91 Å². The Morgan fingerprint density at radius 1 is 1.29 bits per heavy atom. The Morgan fingerprint density at radius 2 is 2.08 bits per heavy atom. The van der Waals surface area contributed by atoms with Crippen LogP contribution in [0.2, 0.25) is 0 Å². The zero-order valence-electron chi connectivity index (χ0n) is 13.7. The molecule has 3 aromatic rings. The molecule has 1 atom stereocenters. The van der Waals surface area contributed by atoms with Crippen molar-refractivity contribution in [3.63, 3.8) is 0 Å². The minimum atomic E-state index is -0.582. The number of hydrogen-bond acceptors (Lipinski definition) is 5. The number of nitrogens with one attached hydrogen (secondary N) is 1. The van der Waals surface area contributed by atoms with Gasteiger partial charge in [0.05, 0.1) is 7.11 Å². The molecular formula is C17H18N4O3. The summed E-state index contributed by atoms with van der Waals surface area (Å²) in [7, 11) is 3.39. The first-order valence-electron chi connectivity index (χ1n) is 7.45. The van der Waals surface area contributed by atoms with Gasteiger partial charge in [-0.15, -0.1) is 0 Å². The third-order valence-electron chi connectivity index (χ3n) is 3.70. The molecule has 0 spiro atoms. The molecule has 2 aromatic heterocycles. The smallest absolute Gasteiger partial charge is 0.268 e. The minimum Gasteiger partial charge on any atom is -0.496 e. The molecule has 1 N–H and O–H groups in total. The van der Waals surface area contributed by atoms with E-state index in [1.54, 1.807) is 24.7 Å². The molecule has 0 aliphatic heterocycles. The predicted octanol–water partition coefficient (Wildman–Crippen LogP) is 2.24. The van der Waals surface area contributed by atoms with E-state index in [2.05, 4.69) is 15.5 Å². The number of rotatable bonds is 5. The quantitative estimate of drug-likeness (QED) is 0.777. The van der Waals surface area contributed by atoms with E-state index >= 15 is 0 Å². The summed E-state index contributed by atoms with van der Waals surface area (Å²) in [5, 5.41) is 6.92. The van der Waals surface area contributed by atoms with Crippen LogP contribution >= 0.6 is 0 Å². The lowest BCUT2D eigenvalue weighted by Gasteiger charge is -2.18. The maximum Gasteiger partial charge on any atom is 0.268 e. The van der Waals surface area contributed by atoms with Gasteiger partial charge in [0.2, 0.25) is 5.89 Å². The fraction of sp³-hybridized carbons (Fsp3) is 0.235. The van der Waals surface area contributed by atoms with Crippen molar-refractivity contribution in [1.82, 2.24) is 20.0 Å². The van der Waals surface area contributed by atoms with Crippen LogP contribution in [0.1, 0.15) is 33.8 Å². The Morgan fingerprint density at radius 3 is 2.71 bits per heavy atom. The Bertz CT molecular complexity index is 853. The highest BCUT2D eigenvalue weighted by Gasteiger charge is 2.26. The van der Waals surface area contributed by atoms with E-state index in [4.69, 9.17) is 9.26 Å². The molecule has 0 aliphatic rings. The molecule has 7 nitrogen and oxygen atoms in total. The van der Waals surface area contributed by atoms with E-state index < -0.39 is 6.04 Å². The molecule has 24 heavy (non-hydrogen) atoms. The summed E-state index contributed by atoms with van der Waals surface area (Å²) in [5.41, 5.74) is 1.29. The van der Waals surface area contributed by atoms with Gasteiger partial charge in [0, 0.05) is 25.7 Å². The molecule has 0 saturated carbocycles. The first-order chi connectivity index (χ1) is 11.6. The van der Waals surface area contributed by atoms with Crippen LogP contribution in [0.3, 0.4) is 0 Å². The fourth-order valence-electron chi connectivity index (χ4n) is 2.52. The third kappa shape index (κ3) is 3.01. The number of para-hydroxylation sites is 1. The first kappa shape index (κ1) is 15.8. The van der Waals surface area contributed by atoms with Crippen molar-refractivity contribution in [1.29, 1.82) is 0 Å². The van der Waals surface area contributed by atoms with Crippen molar-refractivity contribution in [3.8, 4) is 5.75 Å². The van der Waals surface area contributed by atoms with Crippen LogP contribution < -0.4 is 10.1 Å². The molecule has 1 aromatic carbocycles. The highest BCUT2D eigenvalue weighted by atomic mass is 16.5. The largest absolute Gasteiger partial charge is 0.496 e. The molecular weight excluding hydrogens is 308 g/mol. The van der Waals surface area contributed by atoms with Crippen molar-refractivity contribution in [3.05, 3.63) is 65.6 Å². The van der Waals surface area contributed by atoms with Crippen LogP contribution in [0.5, 0.6) is 5.75 Å². The Labute approximate surface area is 139 Å². The molecule has 124 valence electrons. The second kappa shape index (κ2) is 6.57. The first-order valence-corrected chi connectivity index (χ1v) is 7.45. The van der Waals surface area contributed by atoms with Gasteiger partial charge >= 0.3 is 0 Å². The van der Waals surface area contributed by atoms with Gasteiger partial charge < -0.3 is 19.1 Å². The maximum absolute atomic E-state index is 12.6. The summed E-state index contributed by atoms with van der Waals surface area (Å²) < 4.78 is 12.2. The standard InChI is InChI=1S/C17H18N4O3/c1-11-18-16(20-24-11)15(12-7-4-5-9-14(12)23-3)19-17(22)13-8-6-10-21(13)2/h4-10,15H,1-3H3,(H,19,22). The average molecular weight is 326 g/mol. The van der Waals surface area contributed by atoms with E-state index in [1.807, 2.05) is 43.6 Å². The number of amides is 1. The van der Waals surface area contributed by atoms with Gasteiger partial charge in [-0.25, -0.2) is 0 Å². The zero-order valence-corrected chi connectivity index (χ0v) is 13.7. The highest BCUT2D eigenvalue weighted by Crippen LogP contribution is 2.28. The topological polar surface area (TPSA) is 82.2 Å². The molecule has 3 rings (SSSR count). The Balaban J connectivity index is 2.00. The average Bonchev–Trinajstić information content (AvgIpc) is 3.21. The van der Waals surface area contributed by atoms with Gasteiger partial charge in [-0.05, 0) is 18.2 Å². The molecule has 2 heterocycles. The highest BCUT2D eigenvalue weighted by molar-refractivity contribution is 5.93. The van der Waals surface area contributed by atoms with Crippen LogP contribution in [0.4, 0.5) is 0 Å². The normalized spacial score (nSPS) is 12.0. The summed E-state index contributed by atoms with van der Waals surface area (Å²) in [4.78, 5) is 16.9. The van der Waals surface area contributed by atoms with Crippen LogP contribution in [0.15, 0.2) is 47.1 Å². The monoisotopic (exact) mass is 326 g/mol. The van der Waals surface area contributed by atoms with Gasteiger partial charge in [-0.1, -0.05) is 23.4 Å². The number of aromatic nitrogens is 3. The lowest BCUT2D eigenvalue weighted by atomic mass is 10.0. The van der Waals surface area contributed by atoms with Crippen molar-refractivity contribution in [2.24, 2.45) is 7.05 Å². The minimum absolute atomic E-state index is 0.235. The van der Waals surface area contributed by atoms with Crippen LogP contribution in [0, 0.1) is 6.92 Å². The second-order valence-electron chi connectivity index (χ2n) is 5.32. The van der Waals surface area contributed by atoms with Gasteiger partial charge in [0.1, 0.15) is 17.5 Å². The number of methoxy groups -OCH3 is 1. The van der Waals surface area contributed by atoms with Crippen molar-refractivity contribution < 1.29 is 14.1 Å². The Hall–Kier alpha value is -3.09. The maximum atomic E-state index is 12.6. The number of hydrogen-bond donors (Lipinski definition) is 1. The third-order valence-corrected chi connectivity index (χ3v) is 3.70. The van der Waals surface area contributed by atoms with Gasteiger partial charge in [0.25, 0.3) is 5.91 Å². The molecule has 0 fully saturated rings. The van der Waals surface area contributed by atoms with Gasteiger partial charge in [-0.3, -0.25) is 4.79 Å². The molecule has 0 radical (unpaired) electrons. The Kier molecular flexibility index (Phi) is 4.33. The van der Waals surface area contributed by atoms with Crippen LogP contribution in [-0.4, -0.2) is 27.7 Å². The van der Waals surface area contributed by atoms with Crippen molar-refractivity contribution in [2.45, 2.75) is 13.0 Å². The molecule has 0 saturated heterocycles. The van der Waals surface area contributed by atoms with Crippen LogP contribution in [-0.2, 0) is 7.05 Å². The second-order valence-corrected chi connectivity index (χ2v) is 5.32. The molecule has 7 heteroatoms. The summed E-state index contributed by atoms with van der Waals surface area (Å²) in [6.07, 6.45) is 1.81. The number of aryl methyl sites for hydroxylation is 2. The lowest BCUT2D eigenvalue weighted by Crippen LogP contribution is -2.31. The predicted molar refractivity (Wildman–Crippen MR) is 86.8 cm³/mol. The summed E-state index contributed by atoms with van der Waals surface area (Å²) >= 11 is 0. The summed E-state index contributed by atoms with van der Waals surface area (Å²) in [6, 6.07) is 10.4. The fourth-order valence-corrected chi connectivity index (χ4v) is 2.52. The molecule has 0 bridgehead atoms. The van der Waals surface area contributed by atoms with E-state index in [1.165, 1.54) is 0 Å². The van der Waals surface area contributed by atoms with Crippen molar-refractivity contribution in [2.75, 3.05) is 7.11 Å². The molecule has 1 amide bonds. The number of carbonyl (C=O) groups excluding carboxylic acids is 1. The lowest BCUT2D eigenvalue weighted by molar-refractivity contribution is 0.0932. The summed E-state index contributed by atoms with van der Waals surface area (Å²) in [5.74, 6) is 1.20. The zero-order chi connectivity index (χ0) is 17.1. The number of carbonyl (C=O) groups is 1. The number of nitrogens with zero attached hydrogens (tertiary/aromatic N) is 3. The van der Waals surface area contributed by atoms with Gasteiger partial charge in [0.15, 0.2) is 5.82 Å². The van der Waals surface area contributed by atoms with E-state index in [-0.39, 0.29) is 5.91 Å². The molecule has 0 aliphatic carbocycles. The van der Waals surface area contributed by atoms with Crippen LogP contribution in [0.25, 0.3) is 0 Å². The van der Waals surface area contributed by atoms with E-state index in [0.29, 0.717) is 23.2 Å². The SMILES string of the molecule is COc1ccccc1C(NC(=O)c1cccn1C)c1noc(C)n1. The van der Waals surface area contributed by atoms with Gasteiger partial charge in [-0.2, -0.15) is 4.98 Å². The number of benzene rings is 1. The van der Waals surface area contributed by atoms with E-state index in [0.717, 1.165) is 5.56 Å². The number of ether oxygens (including phenoxy) is 1.